The maximum Gasteiger partial charge on any atom is 0.227 e. The van der Waals surface area contributed by atoms with Crippen LogP contribution in [-0.4, -0.2) is 53.2 Å². The van der Waals surface area contributed by atoms with Crippen molar-refractivity contribution >= 4 is 15.7 Å². The monoisotopic (exact) mass is 432 g/mol. The van der Waals surface area contributed by atoms with E-state index in [0.717, 1.165) is 30.6 Å². The van der Waals surface area contributed by atoms with Crippen LogP contribution in [0.5, 0.6) is 0 Å². The molecule has 1 saturated heterocycles. The molecule has 2 aromatic rings. The number of benzene rings is 1. The van der Waals surface area contributed by atoms with Crippen LogP contribution in [0.4, 0.5) is 0 Å². The molecule has 30 heavy (non-hydrogen) atoms. The van der Waals surface area contributed by atoms with Gasteiger partial charge in [0.1, 0.15) is 0 Å². The highest BCUT2D eigenvalue weighted by atomic mass is 32.2. The van der Waals surface area contributed by atoms with Crippen molar-refractivity contribution in [1.29, 1.82) is 0 Å². The first-order chi connectivity index (χ1) is 14.3. The van der Waals surface area contributed by atoms with Crippen LogP contribution in [0.15, 0.2) is 41.7 Å². The fourth-order valence-electron chi connectivity index (χ4n) is 3.78. The molecule has 7 nitrogen and oxygen atoms in total. The van der Waals surface area contributed by atoms with E-state index in [4.69, 9.17) is 0 Å². The number of carbonyl (C=O) groups is 1. The highest BCUT2D eigenvalue weighted by Gasteiger charge is 2.27. The van der Waals surface area contributed by atoms with Crippen LogP contribution in [-0.2, 0) is 34.1 Å². The van der Waals surface area contributed by atoms with E-state index in [1.54, 1.807) is 13.1 Å². The maximum atomic E-state index is 12.6. The molecule has 3 rings (SSSR count). The number of aryl methyl sites for hydroxylation is 1. The summed E-state index contributed by atoms with van der Waals surface area (Å²) in [5, 5.41) is 3.17. The average Bonchev–Trinajstić information content (AvgIpc) is 3.32. The van der Waals surface area contributed by atoms with Crippen molar-refractivity contribution in [2.75, 3.05) is 12.3 Å². The van der Waals surface area contributed by atoms with Crippen molar-refractivity contribution < 1.29 is 13.2 Å². The van der Waals surface area contributed by atoms with E-state index in [1.807, 2.05) is 34.9 Å². The number of amides is 1. The molecule has 0 aliphatic carbocycles. The molecule has 1 fully saturated rings. The molecule has 1 aliphatic rings. The molecule has 1 N–H and O–H groups in total. The molecule has 0 unspecified atom stereocenters. The number of nitrogens with zero attached hydrogens (tertiary/aromatic N) is 3. The maximum absolute atomic E-state index is 12.6. The van der Waals surface area contributed by atoms with Gasteiger partial charge in [-0.2, -0.15) is 0 Å². The summed E-state index contributed by atoms with van der Waals surface area (Å²) in [5.74, 6) is 0.129. The zero-order valence-corrected chi connectivity index (χ0v) is 18.9. The van der Waals surface area contributed by atoms with E-state index in [1.165, 1.54) is 0 Å². The lowest BCUT2D eigenvalue weighted by molar-refractivity contribution is -0.119. The molecule has 8 heteroatoms. The van der Waals surface area contributed by atoms with E-state index in [-0.39, 0.29) is 28.9 Å². The van der Waals surface area contributed by atoms with Gasteiger partial charge in [-0.3, -0.25) is 9.69 Å². The summed E-state index contributed by atoms with van der Waals surface area (Å²) in [4.78, 5) is 18.2. The molecule has 0 saturated carbocycles. The van der Waals surface area contributed by atoms with Gasteiger partial charge in [0.05, 0.1) is 17.6 Å². The van der Waals surface area contributed by atoms with Crippen LogP contribution in [0.1, 0.15) is 44.9 Å². The summed E-state index contributed by atoms with van der Waals surface area (Å²) in [6.07, 6.45) is 3.84. The highest BCUT2D eigenvalue weighted by Crippen LogP contribution is 2.19. The molecule has 0 spiro atoms. The Hall–Kier alpha value is -2.19. The summed E-state index contributed by atoms with van der Waals surface area (Å²) >= 11 is 0. The Balaban J connectivity index is 1.83. The summed E-state index contributed by atoms with van der Waals surface area (Å²) < 4.78 is 27.1. The van der Waals surface area contributed by atoms with E-state index >= 15 is 0 Å². The van der Waals surface area contributed by atoms with Gasteiger partial charge in [0.15, 0.2) is 0 Å². The van der Waals surface area contributed by atoms with Gasteiger partial charge in [0.2, 0.25) is 20.9 Å². The Morgan fingerprint density at radius 2 is 2.00 bits per heavy atom. The Kier molecular flexibility index (Phi) is 7.31. The summed E-state index contributed by atoms with van der Waals surface area (Å²) in [6.45, 7) is 7.76. The first-order valence-electron chi connectivity index (χ1n) is 10.6. The molecular formula is C22H32N4O3S. The van der Waals surface area contributed by atoms with Gasteiger partial charge in [-0.15, -0.1) is 0 Å². The Morgan fingerprint density at radius 1 is 1.27 bits per heavy atom. The van der Waals surface area contributed by atoms with Crippen LogP contribution >= 0.6 is 0 Å². The van der Waals surface area contributed by atoms with Crippen molar-refractivity contribution in [2.24, 2.45) is 0 Å². The van der Waals surface area contributed by atoms with E-state index in [9.17, 15) is 13.2 Å². The van der Waals surface area contributed by atoms with E-state index in [2.05, 4.69) is 29.0 Å². The van der Waals surface area contributed by atoms with Crippen molar-refractivity contribution in [1.82, 2.24) is 19.8 Å². The molecular weight excluding hydrogens is 400 g/mol. The second-order valence-corrected chi connectivity index (χ2v) is 10.3. The van der Waals surface area contributed by atoms with Crippen LogP contribution in [0.25, 0.3) is 0 Å². The normalized spacial score (nSPS) is 17.1. The van der Waals surface area contributed by atoms with Crippen LogP contribution in [0.2, 0.25) is 0 Å². The van der Waals surface area contributed by atoms with Crippen LogP contribution in [0.3, 0.4) is 0 Å². The fourth-order valence-corrected chi connectivity index (χ4v) is 4.80. The minimum atomic E-state index is -3.42. The van der Waals surface area contributed by atoms with Gasteiger partial charge in [-0.25, -0.2) is 13.4 Å². The van der Waals surface area contributed by atoms with Crippen molar-refractivity contribution in [2.45, 2.75) is 70.4 Å². The quantitative estimate of drug-likeness (QED) is 0.623. The van der Waals surface area contributed by atoms with Crippen molar-refractivity contribution in [3.63, 3.8) is 0 Å². The predicted octanol–water partition coefficient (Wildman–Crippen LogP) is 2.41. The van der Waals surface area contributed by atoms with Crippen molar-refractivity contribution in [3.8, 4) is 0 Å². The third kappa shape index (κ3) is 5.49. The third-order valence-corrected chi connectivity index (χ3v) is 7.30. The van der Waals surface area contributed by atoms with Gasteiger partial charge in [0.25, 0.3) is 0 Å². The minimum Gasteiger partial charge on any atom is -0.352 e. The molecule has 0 bridgehead atoms. The predicted molar refractivity (Wildman–Crippen MR) is 117 cm³/mol. The number of aromatic nitrogens is 2. The van der Waals surface area contributed by atoms with Crippen LogP contribution in [0, 0.1) is 0 Å². The number of hydrogen-bond donors (Lipinski definition) is 1. The van der Waals surface area contributed by atoms with Gasteiger partial charge in [0, 0.05) is 38.1 Å². The fraction of sp³-hybridized carbons (Fsp3) is 0.545. The summed E-state index contributed by atoms with van der Waals surface area (Å²) in [7, 11) is -3.42. The standard InChI is InChI=1S/C22H32N4O3S/c1-4-30(28,29)22-23-14-20(26(22)13-12-18-8-6-5-7-9-18)16-25(17(2)3)15-19-10-11-21(27)24-19/h5-9,14,17,19H,4,10-13,15-16H2,1-3H3,(H,24,27)/t19-/m0/s1. The third-order valence-electron chi connectivity index (χ3n) is 5.66. The zero-order chi connectivity index (χ0) is 21.7. The molecule has 2 heterocycles. The number of carbonyl (C=O) groups excluding carboxylic acids is 1. The lowest BCUT2D eigenvalue weighted by Crippen LogP contribution is -2.42. The molecule has 0 radical (unpaired) electrons. The van der Waals surface area contributed by atoms with E-state index in [0.29, 0.717) is 19.5 Å². The lowest BCUT2D eigenvalue weighted by Gasteiger charge is -2.29. The Morgan fingerprint density at radius 3 is 2.60 bits per heavy atom. The zero-order valence-electron chi connectivity index (χ0n) is 18.0. The number of imidazole rings is 1. The lowest BCUT2D eigenvalue weighted by atomic mass is 10.1. The topological polar surface area (TPSA) is 84.3 Å². The van der Waals surface area contributed by atoms with Gasteiger partial charge in [-0.1, -0.05) is 37.3 Å². The highest BCUT2D eigenvalue weighted by molar-refractivity contribution is 7.91. The van der Waals surface area contributed by atoms with E-state index < -0.39 is 9.84 Å². The smallest absolute Gasteiger partial charge is 0.227 e. The van der Waals surface area contributed by atoms with Crippen LogP contribution < -0.4 is 5.32 Å². The summed E-state index contributed by atoms with van der Waals surface area (Å²) in [6, 6.07) is 10.4. The number of nitrogens with one attached hydrogen (secondary N) is 1. The molecule has 1 aromatic heterocycles. The first kappa shape index (κ1) is 22.5. The molecule has 1 amide bonds. The largest absolute Gasteiger partial charge is 0.352 e. The number of rotatable bonds is 10. The Bertz CT molecular complexity index is 954. The SMILES string of the molecule is CCS(=O)(=O)c1ncc(CN(C[C@@H]2CCC(=O)N2)C(C)C)n1CCc1ccccc1. The number of sulfone groups is 1. The second kappa shape index (κ2) is 9.75. The Labute approximate surface area is 179 Å². The number of hydrogen-bond acceptors (Lipinski definition) is 5. The van der Waals surface area contributed by atoms with Gasteiger partial charge >= 0.3 is 0 Å². The van der Waals surface area contributed by atoms with Crippen molar-refractivity contribution in [3.05, 3.63) is 47.8 Å². The molecule has 1 atom stereocenters. The molecule has 1 aliphatic heterocycles. The van der Waals surface area contributed by atoms with Gasteiger partial charge < -0.3 is 9.88 Å². The second-order valence-electron chi connectivity index (χ2n) is 8.15. The minimum absolute atomic E-state index is 0.0246. The van der Waals surface area contributed by atoms with Gasteiger partial charge in [-0.05, 0) is 32.3 Å². The first-order valence-corrected chi connectivity index (χ1v) is 12.3. The summed E-state index contributed by atoms with van der Waals surface area (Å²) in [5.41, 5.74) is 2.04. The average molecular weight is 433 g/mol. The molecule has 1 aromatic carbocycles. The molecule has 164 valence electrons.